The van der Waals surface area contributed by atoms with Crippen LogP contribution in [0.1, 0.15) is 24.4 Å². The molecule has 2 rings (SSSR count). The van der Waals surface area contributed by atoms with E-state index in [0.29, 0.717) is 6.54 Å². The number of halogens is 1. The molecule has 1 heterocycles. The summed E-state index contributed by atoms with van der Waals surface area (Å²) in [7, 11) is 0. The highest BCUT2D eigenvalue weighted by Crippen LogP contribution is 2.38. The summed E-state index contributed by atoms with van der Waals surface area (Å²) in [6, 6.07) is 5.78. The highest BCUT2D eigenvalue weighted by Gasteiger charge is 2.20. The molecule has 90 valence electrons. The van der Waals surface area contributed by atoms with Crippen molar-refractivity contribution in [1.29, 1.82) is 0 Å². The van der Waals surface area contributed by atoms with Crippen LogP contribution < -0.4 is 20.9 Å². The molecule has 1 aromatic carbocycles. The zero-order valence-corrected chi connectivity index (χ0v) is 9.83. The predicted molar refractivity (Wildman–Crippen MR) is 65.0 cm³/mol. The molecule has 0 saturated carbocycles. The van der Waals surface area contributed by atoms with E-state index in [1.54, 1.807) is 0 Å². The standard InChI is InChI=1S/C11H16N2O2.ClH/c12-6-2-4-9(13)8-3-1-5-10-11(8)15-7-14-10;/h1,3,5,9H,2,4,6-7,12-13H2;1H/t9-;/m1./s1. The van der Waals surface area contributed by atoms with Crippen LogP contribution in [0.5, 0.6) is 11.5 Å². The van der Waals surface area contributed by atoms with Gasteiger partial charge < -0.3 is 20.9 Å². The molecular weight excluding hydrogens is 228 g/mol. The Morgan fingerprint density at radius 2 is 2.12 bits per heavy atom. The van der Waals surface area contributed by atoms with Gasteiger partial charge in [0.15, 0.2) is 11.5 Å². The monoisotopic (exact) mass is 244 g/mol. The summed E-state index contributed by atoms with van der Waals surface area (Å²) in [5, 5.41) is 0. The van der Waals surface area contributed by atoms with Crippen molar-refractivity contribution in [2.75, 3.05) is 13.3 Å². The van der Waals surface area contributed by atoms with Gasteiger partial charge >= 0.3 is 0 Å². The normalized spacial score (nSPS) is 14.4. The second kappa shape index (κ2) is 5.94. The Balaban J connectivity index is 0.00000128. The Morgan fingerprint density at radius 3 is 2.88 bits per heavy atom. The van der Waals surface area contributed by atoms with E-state index in [0.717, 1.165) is 29.9 Å². The number of hydrogen-bond acceptors (Lipinski definition) is 4. The molecule has 16 heavy (non-hydrogen) atoms. The number of rotatable bonds is 4. The number of hydrogen-bond donors (Lipinski definition) is 2. The number of fused-ring (bicyclic) bond motifs is 1. The first-order valence-electron chi connectivity index (χ1n) is 5.17. The van der Waals surface area contributed by atoms with E-state index in [1.165, 1.54) is 0 Å². The second-order valence-corrected chi connectivity index (χ2v) is 3.62. The van der Waals surface area contributed by atoms with Crippen molar-refractivity contribution in [3.05, 3.63) is 23.8 Å². The molecule has 1 aromatic rings. The third-order valence-electron chi connectivity index (χ3n) is 2.55. The molecule has 1 aliphatic rings. The minimum absolute atomic E-state index is 0. The Morgan fingerprint density at radius 1 is 1.31 bits per heavy atom. The zero-order valence-electron chi connectivity index (χ0n) is 9.02. The highest BCUT2D eigenvalue weighted by molar-refractivity contribution is 5.85. The summed E-state index contributed by atoms with van der Waals surface area (Å²) >= 11 is 0. The molecule has 0 saturated heterocycles. The van der Waals surface area contributed by atoms with Crippen molar-refractivity contribution in [3.63, 3.8) is 0 Å². The third-order valence-corrected chi connectivity index (χ3v) is 2.55. The van der Waals surface area contributed by atoms with Crippen LogP contribution in [0, 0.1) is 0 Å². The van der Waals surface area contributed by atoms with Crippen molar-refractivity contribution in [2.24, 2.45) is 11.5 Å². The molecule has 0 bridgehead atoms. The minimum atomic E-state index is -0.0230. The van der Waals surface area contributed by atoms with E-state index in [4.69, 9.17) is 20.9 Å². The van der Waals surface area contributed by atoms with Gasteiger partial charge in [0.1, 0.15) is 0 Å². The largest absolute Gasteiger partial charge is 0.454 e. The summed E-state index contributed by atoms with van der Waals surface area (Å²) < 4.78 is 10.7. The quantitative estimate of drug-likeness (QED) is 0.844. The lowest BCUT2D eigenvalue weighted by Crippen LogP contribution is -2.13. The van der Waals surface area contributed by atoms with E-state index >= 15 is 0 Å². The summed E-state index contributed by atoms with van der Waals surface area (Å²) in [5.41, 5.74) is 12.5. The molecule has 0 fully saturated rings. The summed E-state index contributed by atoms with van der Waals surface area (Å²) in [5.74, 6) is 1.58. The van der Waals surface area contributed by atoms with Gasteiger partial charge in [0.25, 0.3) is 0 Å². The first-order chi connectivity index (χ1) is 7.33. The molecule has 1 atom stereocenters. The van der Waals surface area contributed by atoms with Crippen LogP contribution in [0.15, 0.2) is 18.2 Å². The molecule has 5 heteroatoms. The van der Waals surface area contributed by atoms with Gasteiger partial charge in [0.2, 0.25) is 6.79 Å². The molecule has 0 aliphatic carbocycles. The van der Waals surface area contributed by atoms with E-state index in [9.17, 15) is 0 Å². The fraction of sp³-hybridized carbons (Fsp3) is 0.455. The van der Waals surface area contributed by atoms with Crippen LogP contribution in [0.3, 0.4) is 0 Å². The fourth-order valence-electron chi connectivity index (χ4n) is 1.74. The van der Waals surface area contributed by atoms with Crippen LogP contribution in [0.4, 0.5) is 0 Å². The van der Waals surface area contributed by atoms with Gasteiger partial charge in [0.05, 0.1) is 0 Å². The molecule has 0 amide bonds. The average molecular weight is 245 g/mol. The lowest BCUT2D eigenvalue weighted by atomic mass is 10.0. The fourth-order valence-corrected chi connectivity index (χ4v) is 1.74. The van der Waals surface area contributed by atoms with Crippen LogP contribution in [-0.4, -0.2) is 13.3 Å². The Kier molecular flexibility index (Phi) is 4.86. The second-order valence-electron chi connectivity index (χ2n) is 3.62. The molecular formula is C11H17ClN2O2. The molecule has 0 radical (unpaired) electrons. The predicted octanol–water partition coefficient (Wildman–Crippen LogP) is 1.58. The van der Waals surface area contributed by atoms with Gasteiger partial charge in [-0.15, -0.1) is 12.4 Å². The molecule has 4 nitrogen and oxygen atoms in total. The van der Waals surface area contributed by atoms with Crippen LogP contribution in [0.2, 0.25) is 0 Å². The summed E-state index contributed by atoms with van der Waals surface area (Å²) in [4.78, 5) is 0. The van der Waals surface area contributed by atoms with Crippen LogP contribution in [0.25, 0.3) is 0 Å². The number of nitrogens with two attached hydrogens (primary N) is 2. The molecule has 0 aromatic heterocycles. The number of benzene rings is 1. The average Bonchev–Trinajstić information content (AvgIpc) is 2.73. The van der Waals surface area contributed by atoms with E-state index in [1.807, 2.05) is 18.2 Å². The SMILES string of the molecule is Cl.NCCC[C@@H](N)c1cccc2c1OCO2. The smallest absolute Gasteiger partial charge is 0.231 e. The Labute approximate surface area is 101 Å². The van der Waals surface area contributed by atoms with Crippen molar-refractivity contribution >= 4 is 12.4 Å². The first kappa shape index (κ1) is 13.1. The van der Waals surface area contributed by atoms with Crippen molar-refractivity contribution in [1.82, 2.24) is 0 Å². The Hall–Kier alpha value is -0.970. The number of ether oxygens (including phenoxy) is 2. The topological polar surface area (TPSA) is 70.5 Å². The maximum absolute atomic E-state index is 6.06. The lowest BCUT2D eigenvalue weighted by molar-refractivity contribution is 0.173. The van der Waals surface area contributed by atoms with Gasteiger partial charge in [-0.25, -0.2) is 0 Å². The molecule has 0 unspecified atom stereocenters. The van der Waals surface area contributed by atoms with E-state index in [-0.39, 0.29) is 25.2 Å². The van der Waals surface area contributed by atoms with Gasteiger partial charge in [-0.1, -0.05) is 12.1 Å². The van der Waals surface area contributed by atoms with Gasteiger partial charge in [-0.3, -0.25) is 0 Å². The maximum Gasteiger partial charge on any atom is 0.231 e. The van der Waals surface area contributed by atoms with Gasteiger partial charge in [-0.2, -0.15) is 0 Å². The number of para-hydroxylation sites is 1. The molecule has 1 aliphatic heterocycles. The lowest BCUT2D eigenvalue weighted by Gasteiger charge is -2.13. The van der Waals surface area contributed by atoms with Gasteiger partial charge in [0, 0.05) is 11.6 Å². The van der Waals surface area contributed by atoms with E-state index < -0.39 is 0 Å². The molecule has 0 spiro atoms. The minimum Gasteiger partial charge on any atom is -0.454 e. The van der Waals surface area contributed by atoms with Crippen LogP contribution >= 0.6 is 12.4 Å². The highest BCUT2D eigenvalue weighted by atomic mass is 35.5. The van der Waals surface area contributed by atoms with Crippen molar-refractivity contribution in [2.45, 2.75) is 18.9 Å². The molecule has 4 N–H and O–H groups in total. The first-order valence-corrected chi connectivity index (χ1v) is 5.17. The van der Waals surface area contributed by atoms with Crippen LogP contribution in [-0.2, 0) is 0 Å². The van der Waals surface area contributed by atoms with Gasteiger partial charge in [-0.05, 0) is 25.5 Å². The zero-order chi connectivity index (χ0) is 10.7. The maximum atomic E-state index is 6.06. The summed E-state index contributed by atoms with van der Waals surface area (Å²) in [6.45, 7) is 0.954. The van der Waals surface area contributed by atoms with Crippen molar-refractivity contribution < 1.29 is 9.47 Å². The third kappa shape index (κ3) is 2.58. The summed E-state index contributed by atoms with van der Waals surface area (Å²) in [6.07, 6.45) is 1.79. The van der Waals surface area contributed by atoms with Crippen molar-refractivity contribution in [3.8, 4) is 11.5 Å². The Bertz CT molecular complexity index is 347. The van der Waals surface area contributed by atoms with E-state index in [2.05, 4.69) is 0 Å².